The van der Waals surface area contributed by atoms with E-state index in [0.717, 1.165) is 92.8 Å². The van der Waals surface area contributed by atoms with E-state index in [9.17, 15) is 27.7 Å². The summed E-state index contributed by atoms with van der Waals surface area (Å²) < 4.78 is 60.1. The van der Waals surface area contributed by atoms with E-state index in [1.807, 2.05) is 60.7 Å². The first-order chi connectivity index (χ1) is 37.4. The summed E-state index contributed by atoms with van der Waals surface area (Å²) in [6.07, 6.45) is 19.2. The number of aldehydes is 1. The third-order valence-electron chi connectivity index (χ3n) is 12.7. The molecule has 2 aliphatic carbocycles. The van der Waals surface area contributed by atoms with Crippen molar-refractivity contribution in [1.82, 2.24) is 9.97 Å². The Labute approximate surface area is 549 Å². The molecule has 0 saturated carbocycles. The number of carbonyl (C=O) groups excluding carboxylic acids is 4. The zero-order chi connectivity index (χ0) is 55.1. The third kappa shape index (κ3) is 26.4. The largest absolute Gasteiger partial charge is 1.00 e. The maximum absolute atomic E-state index is 14.3. The molecule has 0 amide bonds. The van der Waals surface area contributed by atoms with Gasteiger partial charge in [0.1, 0.15) is 31.4 Å². The van der Waals surface area contributed by atoms with Crippen LogP contribution in [-0.4, -0.2) is 54.7 Å². The molecule has 0 unspecified atom stereocenters. The molecule has 0 N–H and O–H groups in total. The van der Waals surface area contributed by atoms with Crippen molar-refractivity contribution in [3.8, 4) is 11.5 Å². The summed E-state index contributed by atoms with van der Waals surface area (Å²) in [6, 6.07) is 36.7. The molecule has 0 saturated heterocycles. The second-order valence-corrected chi connectivity index (χ2v) is 20.6. The van der Waals surface area contributed by atoms with Crippen molar-refractivity contribution in [3.05, 3.63) is 195 Å². The normalized spacial score (nSPS) is 12.1. The first-order valence-corrected chi connectivity index (χ1v) is 27.7. The van der Waals surface area contributed by atoms with Gasteiger partial charge in [-0.25, -0.2) is 8.78 Å². The molecule has 13 nitrogen and oxygen atoms in total. The second-order valence-electron chi connectivity index (χ2n) is 18.4. The van der Waals surface area contributed by atoms with E-state index in [0.29, 0.717) is 43.5 Å². The fraction of sp³-hybridized carbons (Fsp3) is 0.344. The molecule has 79 heavy (non-hydrogen) atoms. The molecule has 0 bridgehead atoms. The quantitative estimate of drug-likeness (QED) is 0.0128. The first-order valence-electron chi connectivity index (χ1n) is 25.9. The number of Topliss-reactive ketones (excluding diaryl/α,β-unsaturated/α-hetero) is 1. The molecule has 0 spiro atoms. The number of fused-ring (bicyclic) bond motifs is 2. The molecule has 2 aromatic heterocycles. The second kappa shape index (κ2) is 39.6. The van der Waals surface area contributed by atoms with Crippen LogP contribution in [0.3, 0.4) is 0 Å². The van der Waals surface area contributed by atoms with Gasteiger partial charge in [-0.2, -0.15) is 0 Å². The molecule has 6 aromatic rings. The number of aryl methyl sites for hydroxylation is 6. The number of halogens is 2. The first kappa shape index (κ1) is 69.5. The van der Waals surface area contributed by atoms with Crippen LogP contribution in [0.5, 0.6) is 11.5 Å². The SMILES string of the molecule is COP(=O)(CC(=O)CCCCc1ccc2c(n1)CCCC2)OC.O=C(/C=C/c1ccc(OCc2ccccc2)c(F)c1)CCCCc1ccc2c(n1)CCCC2.O=CO[O-].O=Cc1ccc(OCc2ccccc2)c(F)c1.[H-].[K+].[K+]. The van der Waals surface area contributed by atoms with Gasteiger partial charge >= 0.3 is 110 Å². The number of allylic oxidation sites excluding steroid dienone is 1. The summed E-state index contributed by atoms with van der Waals surface area (Å²) in [6.45, 7) is 0.435. The van der Waals surface area contributed by atoms with Crippen LogP contribution in [0.25, 0.3) is 6.08 Å². The maximum atomic E-state index is 14.3. The predicted octanol–water partition coefficient (Wildman–Crippen LogP) is 6.17. The summed E-state index contributed by atoms with van der Waals surface area (Å²) in [7, 11) is -0.609. The summed E-state index contributed by atoms with van der Waals surface area (Å²) in [4.78, 5) is 55.3. The molecule has 0 radical (unpaired) electrons. The molecule has 2 heterocycles. The molecule has 0 aliphatic heterocycles. The Morgan fingerprint density at radius 3 is 1.53 bits per heavy atom. The fourth-order valence-electron chi connectivity index (χ4n) is 8.45. The van der Waals surface area contributed by atoms with Crippen molar-refractivity contribution in [3.63, 3.8) is 0 Å². The van der Waals surface area contributed by atoms with Gasteiger partial charge in [-0.15, -0.1) is 0 Å². The van der Waals surface area contributed by atoms with E-state index in [1.165, 1.54) is 86.7 Å². The minimum atomic E-state index is -3.22. The van der Waals surface area contributed by atoms with Gasteiger partial charge in [-0.05, 0) is 166 Å². The van der Waals surface area contributed by atoms with Gasteiger partial charge < -0.3 is 30.1 Å². The van der Waals surface area contributed by atoms with Gasteiger partial charge in [0.25, 0.3) is 6.47 Å². The Morgan fingerprint density at radius 2 is 1.08 bits per heavy atom. The molecule has 18 heteroatoms. The minimum absolute atomic E-state index is 0. The fourth-order valence-corrected chi connectivity index (χ4v) is 9.45. The standard InChI is InChI=1S/C29H30FNO2.C17H26NO4P.C14H11FO2.CH2O3.2K.H/c30-27-20-22(15-19-29(27)33-21-23-8-2-1-3-9-23)14-18-26(32)12-6-5-11-25-17-16-24-10-4-7-13-28(24)31-25;1-21-23(20,22-2)13-16(19)9-5-4-8-15-12-11-14-7-3-6-10-17(14)18-15;15-13-8-12(9-16)6-7-14(13)17-10-11-4-2-1-3-5-11;2-1-4-3;;;/h1-3,8-9,14-20H,4-7,10-13,21H2;11-12H,3-10,13H2,1-2H3;1-9H,10H2;1,3H;;;/q;;;;2*+1;-1/p-1/b18-14+;;;;;;. The van der Waals surface area contributed by atoms with E-state index in [1.54, 1.807) is 18.2 Å². The van der Waals surface area contributed by atoms with Crippen molar-refractivity contribution in [2.75, 3.05) is 20.4 Å². The van der Waals surface area contributed by atoms with Gasteiger partial charge in [-0.3, -0.25) is 33.7 Å². The molecule has 0 atom stereocenters. The summed E-state index contributed by atoms with van der Waals surface area (Å²) in [5, 5.41) is 8.43. The topological polar surface area (TPSA) is 180 Å². The number of unbranched alkanes of at least 4 members (excludes halogenated alkanes) is 2. The predicted molar refractivity (Wildman–Crippen MR) is 290 cm³/mol. The van der Waals surface area contributed by atoms with Gasteiger partial charge in [-0.1, -0.05) is 84.9 Å². The maximum Gasteiger partial charge on any atom is 1.00 e. The molecule has 4 aromatic carbocycles. The van der Waals surface area contributed by atoms with E-state index in [2.05, 4.69) is 29.2 Å². The van der Waals surface area contributed by atoms with Crippen LogP contribution in [0, 0.1) is 11.6 Å². The number of hydrogen-bond acceptors (Lipinski definition) is 13. The Bertz CT molecular complexity index is 2880. The number of ether oxygens (including phenoxy) is 2. The van der Waals surface area contributed by atoms with Crippen molar-refractivity contribution in [2.45, 2.75) is 116 Å². The Balaban J connectivity index is 0.000000408. The van der Waals surface area contributed by atoms with E-state index in [-0.39, 0.29) is 140 Å². The smallest absolute Gasteiger partial charge is 1.00 e. The minimum Gasteiger partial charge on any atom is -1.00 e. The van der Waals surface area contributed by atoms with Gasteiger partial charge in [0, 0.05) is 55.4 Å². The third-order valence-corrected chi connectivity index (χ3v) is 14.5. The number of aromatic nitrogens is 2. The van der Waals surface area contributed by atoms with Crippen LogP contribution in [-0.2, 0) is 84.6 Å². The molecule has 2 aliphatic rings. The molecule has 410 valence electrons. The van der Waals surface area contributed by atoms with Crippen LogP contribution in [0.1, 0.15) is 127 Å². The van der Waals surface area contributed by atoms with E-state index < -0.39 is 19.2 Å². The van der Waals surface area contributed by atoms with Crippen LogP contribution in [0.15, 0.2) is 127 Å². The van der Waals surface area contributed by atoms with Crippen molar-refractivity contribution in [2.24, 2.45) is 0 Å². The van der Waals surface area contributed by atoms with Crippen molar-refractivity contribution in [1.29, 1.82) is 0 Å². The number of benzene rings is 4. The van der Waals surface area contributed by atoms with Gasteiger partial charge in [0.05, 0.1) is 0 Å². The summed E-state index contributed by atoms with van der Waals surface area (Å²) >= 11 is 0. The number of carbonyl (C=O) groups is 4. The van der Waals surface area contributed by atoms with Crippen LogP contribution < -0.4 is 118 Å². The number of ketones is 2. The van der Waals surface area contributed by atoms with E-state index in [4.69, 9.17) is 38.5 Å². The molecule has 8 rings (SSSR count). The average Bonchev–Trinajstić information content (AvgIpc) is 3.47. The molecule has 0 fully saturated rings. The summed E-state index contributed by atoms with van der Waals surface area (Å²) in [5.41, 5.74) is 10.4. The van der Waals surface area contributed by atoms with E-state index >= 15 is 0 Å². The van der Waals surface area contributed by atoms with Gasteiger partial charge in [0.2, 0.25) is 0 Å². The van der Waals surface area contributed by atoms with Crippen LogP contribution >= 0.6 is 7.60 Å². The van der Waals surface area contributed by atoms with Crippen molar-refractivity contribution < 1.29 is 165 Å². The van der Waals surface area contributed by atoms with Crippen molar-refractivity contribution >= 4 is 38.0 Å². The number of rotatable bonds is 24. The van der Waals surface area contributed by atoms with Crippen LogP contribution in [0.2, 0.25) is 0 Å². The molecular weight excluding hydrogens is 1080 g/mol. The Morgan fingerprint density at radius 1 is 0.620 bits per heavy atom. The Kier molecular flexibility index (Phi) is 34.9. The molecular formula is C61H69F2K2N2O11P. The number of pyridine rings is 2. The number of nitrogens with zero attached hydrogens (tertiary/aromatic N) is 2. The average molecular weight is 1150 g/mol. The van der Waals surface area contributed by atoms with Crippen LogP contribution in [0.4, 0.5) is 8.78 Å². The Hall–Kier alpha value is -3.76. The zero-order valence-corrected chi connectivity index (χ0v) is 53.0. The number of hydrogen-bond donors (Lipinski definition) is 0. The van der Waals surface area contributed by atoms with Gasteiger partial charge in [0.15, 0.2) is 28.9 Å². The zero-order valence-electron chi connectivity index (χ0n) is 46.9. The summed E-state index contributed by atoms with van der Waals surface area (Å²) in [5.74, 6) is -0.616. The monoisotopic (exact) mass is 1150 g/mol.